The second-order valence-corrected chi connectivity index (χ2v) is 7.63. The van der Waals surface area contributed by atoms with Crippen molar-refractivity contribution < 1.29 is 13.5 Å². The second-order valence-electron chi connectivity index (χ2n) is 5.82. The summed E-state index contributed by atoms with van der Waals surface area (Å²) in [5.41, 5.74) is 0. The van der Waals surface area contributed by atoms with Crippen molar-refractivity contribution in [1.29, 1.82) is 0 Å². The van der Waals surface area contributed by atoms with E-state index in [0.717, 1.165) is 19.3 Å². The molecule has 0 aromatic heterocycles. The fourth-order valence-electron chi connectivity index (χ4n) is 2.80. The van der Waals surface area contributed by atoms with Crippen molar-refractivity contribution in [3.63, 3.8) is 0 Å². The molecule has 0 amide bonds. The number of hydrogen-bond acceptors (Lipinski definition) is 3. The van der Waals surface area contributed by atoms with Gasteiger partial charge in [-0.2, -0.15) is 17.4 Å². The van der Waals surface area contributed by atoms with E-state index in [2.05, 4.69) is 18.6 Å². The molecule has 0 spiro atoms. The standard InChI is InChI=1S/C13H28N2O3S/c1-11(2)12-7-4-5-8-13(12)14-19(17,18)15(3)9-6-10-16/h11-14,16H,4-10H2,1-3H3. The average Bonchev–Trinajstić information content (AvgIpc) is 2.35. The molecule has 2 atom stereocenters. The largest absolute Gasteiger partial charge is 0.396 e. The number of nitrogens with zero attached hydrogens (tertiary/aromatic N) is 1. The molecule has 114 valence electrons. The number of aliphatic hydroxyl groups excluding tert-OH is 1. The molecule has 1 aliphatic carbocycles. The van der Waals surface area contributed by atoms with Crippen molar-refractivity contribution in [2.75, 3.05) is 20.2 Å². The summed E-state index contributed by atoms with van der Waals surface area (Å²) >= 11 is 0. The van der Waals surface area contributed by atoms with Crippen LogP contribution in [0.3, 0.4) is 0 Å². The van der Waals surface area contributed by atoms with Crippen LogP contribution in [0, 0.1) is 11.8 Å². The Balaban J connectivity index is 2.64. The van der Waals surface area contributed by atoms with Crippen LogP contribution in [-0.4, -0.2) is 44.1 Å². The molecule has 2 unspecified atom stereocenters. The molecule has 1 aliphatic rings. The van der Waals surface area contributed by atoms with Gasteiger partial charge in [-0.15, -0.1) is 0 Å². The Morgan fingerprint density at radius 2 is 1.95 bits per heavy atom. The van der Waals surface area contributed by atoms with Crippen LogP contribution in [0.25, 0.3) is 0 Å². The van der Waals surface area contributed by atoms with Crippen LogP contribution in [0.1, 0.15) is 46.0 Å². The number of nitrogens with one attached hydrogen (secondary N) is 1. The minimum absolute atomic E-state index is 0.0118. The quantitative estimate of drug-likeness (QED) is 0.744. The van der Waals surface area contributed by atoms with Gasteiger partial charge in [-0.3, -0.25) is 0 Å². The van der Waals surface area contributed by atoms with Gasteiger partial charge in [0.25, 0.3) is 10.2 Å². The summed E-state index contributed by atoms with van der Waals surface area (Å²) in [5, 5.41) is 8.78. The molecule has 0 aliphatic heterocycles. The Morgan fingerprint density at radius 3 is 2.53 bits per heavy atom. The highest BCUT2D eigenvalue weighted by molar-refractivity contribution is 7.87. The van der Waals surface area contributed by atoms with E-state index < -0.39 is 10.2 Å². The molecular formula is C13H28N2O3S. The zero-order valence-electron chi connectivity index (χ0n) is 12.3. The molecule has 1 fully saturated rings. The first-order chi connectivity index (χ1) is 8.88. The molecule has 1 saturated carbocycles. The maximum atomic E-state index is 12.2. The van der Waals surface area contributed by atoms with Crippen LogP contribution in [0.5, 0.6) is 0 Å². The molecular weight excluding hydrogens is 264 g/mol. The average molecular weight is 292 g/mol. The van der Waals surface area contributed by atoms with E-state index in [4.69, 9.17) is 5.11 Å². The molecule has 0 aromatic rings. The van der Waals surface area contributed by atoms with Crippen LogP contribution in [0.4, 0.5) is 0 Å². The lowest BCUT2D eigenvalue weighted by atomic mass is 9.78. The topological polar surface area (TPSA) is 69.6 Å². The van der Waals surface area contributed by atoms with Crippen LogP contribution in [-0.2, 0) is 10.2 Å². The smallest absolute Gasteiger partial charge is 0.279 e. The van der Waals surface area contributed by atoms with Crippen molar-refractivity contribution in [3.05, 3.63) is 0 Å². The summed E-state index contributed by atoms with van der Waals surface area (Å²) in [6, 6.07) is 0.0512. The molecule has 0 heterocycles. The molecule has 2 N–H and O–H groups in total. The fourth-order valence-corrected chi connectivity index (χ4v) is 4.02. The van der Waals surface area contributed by atoms with Crippen molar-refractivity contribution >= 4 is 10.2 Å². The zero-order valence-corrected chi connectivity index (χ0v) is 13.1. The molecule has 0 aromatic carbocycles. The summed E-state index contributed by atoms with van der Waals surface area (Å²) in [6.45, 7) is 4.68. The van der Waals surface area contributed by atoms with Gasteiger partial charge in [-0.25, -0.2) is 0 Å². The molecule has 19 heavy (non-hydrogen) atoms. The molecule has 5 nitrogen and oxygen atoms in total. The van der Waals surface area contributed by atoms with E-state index >= 15 is 0 Å². The first-order valence-electron chi connectivity index (χ1n) is 7.23. The maximum absolute atomic E-state index is 12.2. The van der Waals surface area contributed by atoms with E-state index in [9.17, 15) is 8.42 Å². The summed E-state index contributed by atoms with van der Waals surface area (Å²) in [4.78, 5) is 0. The lowest BCUT2D eigenvalue weighted by molar-refractivity contribution is 0.223. The minimum Gasteiger partial charge on any atom is -0.396 e. The minimum atomic E-state index is -3.43. The maximum Gasteiger partial charge on any atom is 0.279 e. The van der Waals surface area contributed by atoms with Gasteiger partial charge in [0.1, 0.15) is 0 Å². The molecule has 1 rings (SSSR count). The Kier molecular flexibility index (Phi) is 6.73. The lowest BCUT2D eigenvalue weighted by Gasteiger charge is -2.35. The Hall–Kier alpha value is -0.170. The lowest BCUT2D eigenvalue weighted by Crippen LogP contribution is -2.49. The van der Waals surface area contributed by atoms with Crippen LogP contribution < -0.4 is 4.72 Å². The van der Waals surface area contributed by atoms with Crippen molar-refractivity contribution in [2.45, 2.75) is 52.0 Å². The number of rotatable bonds is 7. The van der Waals surface area contributed by atoms with Gasteiger partial charge in [-0.1, -0.05) is 26.7 Å². The summed E-state index contributed by atoms with van der Waals surface area (Å²) in [6.07, 6.45) is 4.79. The fraction of sp³-hybridized carbons (Fsp3) is 1.00. The van der Waals surface area contributed by atoms with E-state index in [1.54, 1.807) is 7.05 Å². The summed E-state index contributed by atoms with van der Waals surface area (Å²) in [7, 11) is -1.87. The van der Waals surface area contributed by atoms with Crippen molar-refractivity contribution in [1.82, 2.24) is 9.03 Å². The van der Waals surface area contributed by atoms with Crippen LogP contribution in [0.15, 0.2) is 0 Å². The van der Waals surface area contributed by atoms with Gasteiger partial charge < -0.3 is 5.11 Å². The third-order valence-electron chi connectivity index (χ3n) is 4.02. The SMILES string of the molecule is CC(C)C1CCCCC1NS(=O)(=O)N(C)CCCO. The van der Waals surface area contributed by atoms with E-state index in [-0.39, 0.29) is 12.6 Å². The van der Waals surface area contributed by atoms with Crippen molar-refractivity contribution in [2.24, 2.45) is 11.8 Å². The predicted molar refractivity (Wildman–Crippen MR) is 77.0 cm³/mol. The van der Waals surface area contributed by atoms with Gasteiger partial charge in [0.2, 0.25) is 0 Å². The summed E-state index contributed by atoms with van der Waals surface area (Å²) < 4.78 is 28.6. The highest BCUT2D eigenvalue weighted by Gasteiger charge is 2.31. The Labute approximate surface area is 117 Å². The second kappa shape index (κ2) is 7.57. The third kappa shape index (κ3) is 5.02. The Bertz CT molecular complexity index is 357. The van der Waals surface area contributed by atoms with Gasteiger partial charge in [-0.05, 0) is 31.1 Å². The highest BCUT2D eigenvalue weighted by Crippen LogP contribution is 2.30. The number of aliphatic hydroxyl groups is 1. The molecule has 0 radical (unpaired) electrons. The predicted octanol–water partition coefficient (Wildman–Crippen LogP) is 1.35. The van der Waals surface area contributed by atoms with E-state index in [1.807, 2.05) is 0 Å². The third-order valence-corrected chi connectivity index (χ3v) is 5.62. The van der Waals surface area contributed by atoms with Crippen LogP contribution in [0.2, 0.25) is 0 Å². The highest BCUT2D eigenvalue weighted by atomic mass is 32.2. The van der Waals surface area contributed by atoms with Crippen LogP contribution >= 0.6 is 0 Å². The molecule has 6 heteroatoms. The van der Waals surface area contributed by atoms with Gasteiger partial charge in [0.15, 0.2) is 0 Å². The van der Waals surface area contributed by atoms with Crippen molar-refractivity contribution in [3.8, 4) is 0 Å². The first kappa shape index (κ1) is 16.9. The van der Waals surface area contributed by atoms with Gasteiger partial charge in [0, 0.05) is 26.2 Å². The molecule has 0 bridgehead atoms. The monoisotopic (exact) mass is 292 g/mol. The first-order valence-corrected chi connectivity index (χ1v) is 8.67. The zero-order chi connectivity index (χ0) is 14.5. The van der Waals surface area contributed by atoms with Gasteiger partial charge in [0.05, 0.1) is 0 Å². The normalized spacial score (nSPS) is 25.2. The van der Waals surface area contributed by atoms with Gasteiger partial charge >= 0.3 is 0 Å². The number of hydrogen-bond donors (Lipinski definition) is 2. The summed E-state index contributed by atoms with van der Waals surface area (Å²) in [5.74, 6) is 0.922. The van der Waals surface area contributed by atoms with E-state index in [1.165, 1.54) is 10.7 Å². The van der Waals surface area contributed by atoms with E-state index in [0.29, 0.717) is 24.8 Å². The Morgan fingerprint density at radius 1 is 1.32 bits per heavy atom. The molecule has 0 saturated heterocycles.